The molecule has 0 atom stereocenters. The lowest BCUT2D eigenvalue weighted by atomic mass is 10.2. The Bertz CT molecular complexity index is 386. The maximum atomic E-state index is 12.4. The van der Waals surface area contributed by atoms with Crippen LogP contribution in [0.2, 0.25) is 5.02 Å². The Morgan fingerprint density at radius 1 is 1.57 bits per heavy atom. The standard InChI is InChI=1S/C7H2BrCl2F2NO/c8-3-1-2(7(11)12)4(9)5(13-3)6(10)14/h1,7H. The van der Waals surface area contributed by atoms with Crippen LogP contribution in [0.15, 0.2) is 10.7 Å². The number of carbonyl (C=O) groups excluding carboxylic acids is 1. The van der Waals surface area contributed by atoms with Gasteiger partial charge in [0.25, 0.3) is 11.7 Å². The third kappa shape index (κ3) is 2.40. The first kappa shape index (κ1) is 11.8. The number of alkyl halides is 2. The molecule has 0 unspecified atom stereocenters. The van der Waals surface area contributed by atoms with Crippen LogP contribution in [0.4, 0.5) is 8.78 Å². The van der Waals surface area contributed by atoms with Crippen LogP contribution in [-0.2, 0) is 0 Å². The van der Waals surface area contributed by atoms with E-state index in [0.717, 1.165) is 6.07 Å². The van der Waals surface area contributed by atoms with Crippen molar-refractivity contribution in [3.63, 3.8) is 0 Å². The molecule has 0 aromatic carbocycles. The fourth-order valence-corrected chi connectivity index (χ4v) is 1.68. The van der Waals surface area contributed by atoms with Gasteiger partial charge in [0.2, 0.25) is 0 Å². The number of hydrogen-bond acceptors (Lipinski definition) is 2. The maximum absolute atomic E-state index is 12.4. The highest BCUT2D eigenvalue weighted by molar-refractivity contribution is 9.10. The van der Waals surface area contributed by atoms with E-state index >= 15 is 0 Å². The second-order valence-electron chi connectivity index (χ2n) is 2.27. The van der Waals surface area contributed by atoms with E-state index < -0.39 is 22.3 Å². The molecule has 0 saturated heterocycles. The molecule has 1 aromatic heterocycles. The van der Waals surface area contributed by atoms with Crippen molar-refractivity contribution in [2.75, 3.05) is 0 Å². The predicted octanol–water partition coefficient (Wildman–Crippen LogP) is 3.81. The van der Waals surface area contributed by atoms with Gasteiger partial charge in [0.1, 0.15) is 10.3 Å². The van der Waals surface area contributed by atoms with Gasteiger partial charge in [0, 0.05) is 5.56 Å². The molecule has 0 radical (unpaired) electrons. The van der Waals surface area contributed by atoms with Gasteiger partial charge in [-0.05, 0) is 33.6 Å². The molecule has 0 fully saturated rings. The van der Waals surface area contributed by atoms with E-state index in [1.807, 2.05) is 0 Å². The SMILES string of the molecule is O=C(Cl)c1nc(Br)cc(C(F)F)c1Cl. The van der Waals surface area contributed by atoms with Crippen molar-refractivity contribution in [1.29, 1.82) is 0 Å². The number of rotatable bonds is 2. The molecule has 0 N–H and O–H groups in total. The van der Waals surface area contributed by atoms with E-state index in [1.165, 1.54) is 0 Å². The van der Waals surface area contributed by atoms with Crippen molar-refractivity contribution in [2.45, 2.75) is 6.43 Å². The predicted molar refractivity (Wildman–Crippen MR) is 52.1 cm³/mol. The first-order valence-electron chi connectivity index (χ1n) is 3.27. The molecule has 0 aliphatic rings. The molecular weight excluding hydrogens is 303 g/mol. The fraction of sp³-hybridized carbons (Fsp3) is 0.143. The van der Waals surface area contributed by atoms with Gasteiger partial charge in [-0.3, -0.25) is 4.79 Å². The maximum Gasteiger partial charge on any atom is 0.272 e. The summed E-state index contributed by atoms with van der Waals surface area (Å²) >= 11 is 13.5. The zero-order valence-corrected chi connectivity index (χ0v) is 9.50. The lowest BCUT2D eigenvalue weighted by molar-refractivity contribution is 0.107. The van der Waals surface area contributed by atoms with Crippen molar-refractivity contribution >= 4 is 44.4 Å². The zero-order chi connectivity index (χ0) is 10.9. The first-order valence-corrected chi connectivity index (χ1v) is 4.82. The van der Waals surface area contributed by atoms with Crippen LogP contribution in [0.5, 0.6) is 0 Å². The number of hydrogen-bond donors (Lipinski definition) is 0. The summed E-state index contributed by atoms with van der Waals surface area (Å²) in [5.74, 6) is 0. The van der Waals surface area contributed by atoms with E-state index in [0.29, 0.717) is 0 Å². The Labute approximate surface area is 96.3 Å². The van der Waals surface area contributed by atoms with Gasteiger partial charge in [-0.25, -0.2) is 13.8 Å². The molecule has 2 nitrogen and oxygen atoms in total. The zero-order valence-electron chi connectivity index (χ0n) is 6.40. The summed E-state index contributed by atoms with van der Waals surface area (Å²) in [6.07, 6.45) is -2.78. The average Bonchev–Trinajstić information content (AvgIpc) is 2.07. The van der Waals surface area contributed by atoms with Crippen molar-refractivity contribution in [1.82, 2.24) is 4.98 Å². The molecule has 1 rings (SSSR count). The quantitative estimate of drug-likeness (QED) is 0.614. The summed E-state index contributed by atoms with van der Waals surface area (Å²) in [6, 6.07) is 1.04. The van der Waals surface area contributed by atoms with Gasteiger partial charge in [-0.1, -0.05) is 11.6 Å². The summed E-state index contributed by atoms with van der Waals surface area (Å²) in [4.78, 5) is 14.3. The van der Waals surface area contributed by atoms with E-state index in [-0.39, 0.29) is 10.3 Å². The normalized spacial score (nSPS) is 10.7. The molecule has 0 aliphatic heterocycles. The Morgan fingerprint density at radius 3 is 2.57 bits per heavy atom. The van der Waals surface area contributed by atoms with E-state index in [9.17, 15) is 13.6 Å². The summed E-state index contributed by atoms with van der Waals surface area (Å²) < 4.78 is 24.8. The number of pyridine rings is 1. The molecule has 76 valence electrons. The van der Waals surface area contributed by atoms with Crippen LogP contribution in [-0.4, -0.2) is 10.2 Å². The van der Waals surface area contributed by atoms with Crippen LogP contribution in [0, 0.1) is 0 Å². The van der Waals surface area contributed by atoms with Gasteiger partial charge in [0.15, 0.2) is 0 Å². The molecule has 0 saturated carbocycles. The Kier molecular flexibility index (Phi) is 3.80. The van der Waals surface area contributed by atoms with Gasteiger partial charge in [0.05, 0.1) is 5.02 Å². The minimum absolute atomic E-state index is 0.0844. The second kappa shape index (κ2) is 4.51. The smallest absolute Gasteiger partial charge is 0.272 e. The minimum atomic E-state index is -2.78. The number of aromatic nitrogens is 1. The van der Waals surface area contributed by atoms with Crippen LogP contribution in [0.1, 0.15) is 22.5 Å². The van der Waals surface area contributed by atoms with Gasteiger partial charge in [-0.2, -0.15) is 0 Å². The number of halogens is 5. The van der Waals surface area contributed by atoms with Gasteiger partial charge in [-0.15, -0.1) is 0 Å². The summed E-state index contributed by atoms with van der Waals surface area (Å²) in [5, 5.41) is -1.39. The highest BCUT2D eigenvalue weighted by Gasteiger charge is 2.20. The second-order valence-corrected chi connectivity index (χ2v) is 3.80. The lowest BCUT2D eigenvalue weighted by Crippen LogP contribution is -2.00. The Morgan fingerprint density at radius 2 is 2.14 bits per heavy atom. The van der Waals surface area contributed by atoms with E-state index in [2.05, 4.69) is 20.9 Å². The average molecular weight is 305 g/mol. The summed E-state index contributed by atoms with van der Waals surface area (Å²) in [6.45, 7) is 0. The Balaban J connectivity index is 3.40. The summed E-state index contributed by atoms with van der Waals surface area (Å²) in [5.41, 5.74) is -0.851. The monoisotopic (exact) mass is 303 g/mol. The fourth-order valence-electron chi connectivity index (χ4n) is 0.806. The third-order valence-electron chi connectivity index (χ3n) is 1.38. The molecule has 0 spiro atoms. The minimum Gasteiger partial charge on any atom is -0.274 e. The van der Waals surface area contributed by atoms with Crippen molar-refractivity contribution in [3.05, 3.63) is 26.9 Å². The van der Waals surface area contributed by atoms with Crippen LogP contribution < -0.4 is 0 Å². The molecule has 0 aliphatic carbocycles. The highest BCUT2D eigenvalue weighted by atomic mass is 79.9. The highest BCUT2D eigenvalue weighted by Crippen LogP contribution is 2.31. The molecule has 1 aromatic rings. The number of nitrogens with zero attached hydrogens (tertiary/aromatic N) is 1. The van der Waals surface area contributed by atoms with Crippen molar-refractivity contribution in [3.8, 4) is 0 Å². The van der Waals surface area contributed by atoms with E-state index in [4.69, 9.17) is 23.2 Å². The summed E-state index contributed by atoms with van der Waals surface area (Å²) in [7, 11) is 0. The van der Waals surface area contributed by atoms with Crippen LogP contribution >= 0.6 is 39.1 Å². The molecule has 14 heavy (non-hydrogen) atoms. The molecule has 1 heterocycles. The topological polar surface area (TPSA) is 30.0 Å². The molecular formula is C7H2BrCl2F2NO. The van der Waals surface area contributed by atoms with E-state index in [1.54, 1.807) is 0 Å². The van der Waals surface area contributed by atoms with Crippen LogP contribution in [0.25, 0.3) is 0 Å². The Hall–Kier alpha value is -0.260. The van der Waals surface area contributed by atoms with Crippen molar-refractivity contribution in [2.24, 2.45) is 0 Å². The van der Waals surface area contributed by atoms with Gasteiger partial charge >= 0.3 is 0 Å². The molecule has 0 bridgehead atoms. The third-order valence-corrected chi connectivity index (χ3v) is 2.36. The first-order chi connectivity index (χ1) is 6.43. The largest absolute Gasteiger partial charge is 0.274 e. The lowest BCUT2D eigenvalue weighted by Gasteiger charge is -2.05. The van der Waals surface area contributed by atoms with Gasteiger partial charge < -0.3 is 0 Å². The number of carbonyl (C=O) groups is 1. The molecule has 0 amide bonds. The van der Waals surface area contributed by atoms with Crippen molar-refractivity contribution < 1.29 is 13.6 Å². The molecule has 7 heteroatoms. The van der Waals surface area contributed by atoms with Crippen LogP contribution in [0.3, 0.4) is 0 Å².